The monoisotopic (exact) mass is 420 g/mol. The lowest BCUT2D eigenvalue weighted by molar-refractivity contribution is -0.289. The van der Waals surface area contributed by atoms with Crippen LogP contribution in [0.15, 0.2) is 24.3 Å². The maximum absolute atomic E-state index is 13.4. The number of nitrogens with one attached hydrogen (secondary N) is 2. The molecule has 0 fully saturated rings. The number of aromatic nitrogens is 2. The number of urea groups is 1. The van der Waals surface area contributed by atoms with Crippen LogP contribution in [0, 0.1) is 6.92 Å². The summed E-state index contributed by atoms with van der Waals surface area (Å²) < 4.78 is 65.7. The number of carbonyl (C=O) groups is 2. The minimum absolute atomic E-state index is 0.116. The summed E-state index contributed by atoms with van der Waals surface area (Å²) in [6.45, 7) is 2.64. The van der Waals surface area contributed by atoms with Crippen LogP contribution in [-0.2, 0) is 17.3 Å². The molecule has 12 heteroatoms. The van der Waals surface area contributed by atoms with E-state index in [1.807, 2.05) is 5.32 Å². The first-order valence-electron chi connectivity index (χ1n) is 8.19. The quantitative estimate of drug-likeness (QED) is 0.494. The van der Waals surface area contributed by atoms with Crippen molar-refractivity contribution >= 4 is 18.3 Å². The van der Waals surface area contributed by atoms with Gasteiger partial charge in [0, 0.05) is 11.1 Å². The van der Waals surface area contributed by atoms with E-state index >= 15 is 0 Å². The molecule has 1 aromatic heterocycles. The van der Waals surface area contributed by atoms with Gasteiger partial charge in [-0.2, -0.15) is 27.1 Å². The number of imide groups is 1. The number of hydrogen-bond acceptors (Lipinski definition) is 4. The zero-order valence-electron chi connectivity index (χ0n) is 15.2. The first kappa shape index (κ1) is 22.3. The fourth-order valence-electron chi connectivity index (χ4n) is 2.62. The van der Waals surface area contributed by atoms with Crippen LogP contribution in [0.25, 0.3) is 0 Å². The number of anilines is 1. The van der Waals surface area contributed by atoms with Crippen LogP contribution in [0.2, 0.25) is 0 Å². The smallest absolute Gasteiger partial charge is 0.390 e. The van der Waals surface area contributed by atoms with Gasteiger partial charge in [-0.1, -0.05) is 24.3 Å². The Hall–Kier alpha value is -3.02. The minimum Gasteiger partial charge on any atom is -0.390 e. The average molecular weight is 420 g/mol. The van der Waals surface area contributed by atoms with Gasteiger partial charge in [0.15, 0.2) is 0 Å². The average Bonchev–Trinajstić information content (AvgIpc) is 2.96. The summed E-state index contributed by atoms with van der Waals surface area (Å²) in [6.07, 6.45) is -5.57. The summed E-state index contributed by atoms with van der Waals surface area (Å²) in [7, 11) is 0. The van der Waals surface area contributed by atoms with Crippen molar-refractivity contribution in [3.63, 3.8) is 0 Å². The van der Waals surface area contributed by atoms with Crippen LogP contribution in [0.3, 0.4) is 0 Å². The first-order valence-corrected chi connectivity index (χ1v) is 8.19. The third-order valence-electron chi connectivity index (χ3n) is 4.30. The lowest BCUT2D eigenvalue weighted by atomic mass is 10.0. The van der Waals surface area contributed by atoms with E-state index in [1.165, 1.54) is 4.68 Å². The minimum atomic E-state index is -5.72. The molecule has 0 radical (unpaired) electrons. The van der Waals surface area contributed by atoms with Gasteiger partial charge in [-0.3, -0.25) is 15.4 Å². The topological polar surface area (TPSA) is 96.2 Å². The Morgan fingerprint density at radius 2 is 1.83 bits per heavy atom. The second kappa shape index (κ2) is 8.15. The van der Waals surface area contributed by atoms with E-state index in [1.54, 1.807) is 13.8 Å². The molecule has 0 aliphatic carbocycles. The van der Waals surface area contributed by atoms with Gasteiger partial charge in [-0.25, -0.2) is 9.48 Å². The number of nitrogens with zero attached hydrogens (tertiary/aromatic N) is 2. The number of amides is 3. The van der Waals surface area contributed by atoms with Crippen molar-refractivity contribution in [3.8, 4) is 0 Å². The highest BCUT2D eigenvalue weighted by Gasteiger charge is 2.58. The van der Waals surface area contributed by atoms with Crippen molar-refractivity contribution in [2.24, 2.45) is 0 Å². The zero-order valence-corrected chi connectivity index (χ0v) is 15.2. The number of aliphatic hydroxyl groups excluding tert-OH is 1. The molecular formula is C17H17F5N4O3. The largest absolute Gasteiger partial charge is 0.458 e. The molecule has 0 bridgehead atoms. The maximum Gasteiger partial charge on any atom is 0.458 e. The number of benzene rings is 1. The van der Waals surface area contributed by atoms with Crippen molar-refractivity contribution in [1.82, 2.24) is 15.1 Å². The highest BCUT2D eigenvalue weighted by Crippen LogP contribution is 2.44. The number of aliphatic hydroxyl groups is 1. The van der Waals surface area contributed by atoms with Crippen molar-refractivity contribution in [3.05, 3.63) is 46.6 Å². The van der Waals surface area contributed by atoms with Crippen molar-refractivity contribution in [2.75, 3.05) is 5.32 Å². The van der Waals surface area contributed by atoms with Gasteiger partial charge in [-0.15, -0.1) is 0 Å². The van der Waals surface area contributed by atoms with Crippen molar-refractivity contribution < 1.29 is 36.6 Å². The van der Waals surface area contributed by atoms with Gasteiger partial charge < -0.3 is 5.11 Å². The summed E-state index contributed by atoms with van der Waals surface area (Å²) in [5.74, 6) is -4.88. The van der Waals surface area contributed by atoms with Gasteiger partial charge >= 0.3 is 18.1 Å². The summed E-state index contributed by atoms with van der Waals surface area (Å²) in [6, 6.07) is 1.91. The molecule has 1 unspecified atom stereocenters. The van der Waals surface area contributed by atoms with Gasteiger partial charge in [0.2, 0.25) is 6.41 Å². The molecule has 29 heavy (non-hydrogen) atoms. The Morgan fingerprint density at radius 3 is 2.31 bits per heavy atom. The molecule has 0 aliphatic heterocycles. The van der Waals surface area contributed by atoms with Crippen LogP contribution < -0.4 is 10.6 Å². The van der Waals surface area contributed by atoms with E-state index in [0.717, 1.165) is 12.1 Å². The molecule has 1 atom stereocenters. The normalized spacial score (nSPS) is 13.1. The second-order valence-corrected chi connectivity index (χ2v) is 6.11. The van der Waals surface area contributed by atoms with E-state index in [9.17, 15) is 36.6 Å². The first-order chi connectivity index (χ1) is 13.4. The summed E-state index contributed by atoms with van der Waals surface area (Å²) in [5, 5.41) is 17.8. The molecule has 1 heterocycles. The van der Waals surface area contributed by atoms with E-state index in [-0.39, 0.29) is 17.9 Å². The number of hydrogen-bond donors (Lipinski definition) is 3. The molecule has 1 aromatic carbocycles. The zero-order chi connectivity index (χ0) is 22.0. The van der Waals surface area contributed by atoms with Crippen LogP contribution in [0.1, 0.15) is 35.3 Å². The second-order valence-electron chi connectivity index (χ2n) is 6.11. The van der Waals surface area contributed by atoms with E-state index in [4.69, 9.17) is 0 Å². The van der Waals surface area contributed by atoms with Crippen LogP contribution in [0.5, 0.6) is 0 Å². The molecule has 2 rings (SSSR count). The molecule has 158 valence electrons. The van der Waals surface area contributed by atoms with Gasteiger partial charge in [0.05, 0.1) is 18.3 Å². The van der Waals surface area contributed by atoms with Crippen LogP contribution >= 0.6 is 0 Å². The molecule has 0 saturated carbocycles. The van der Waals surface area contributed by atoms with E-state index in [2.05, 4.69) is 10.4 Å². The highest BCUT2D eigenvalue weighted by molar-refractivity contribution is 5.95. The lowest BCUT2D eigenvalue weighted by Gasteiger charge is -2.21. The Morgan fingerprint density at radius 1 is 1.24 bits per heavy atom. The maximum atomic E-state index is 13.4. The third kappa shape index (κ3) is 4.36. The van der Waals surface area contributed by atoms with E-state index in [0.29, 0.717) is 23.3 Å². The fraction of sp³-hybridized carbons (Fsp3) is 0.353. The lowest BCUT2D eigenvalue weighted by Crippen LogP contribution is -2.33. The highest BCUT2D eigenvalue weighted by atomic mass is 19.4. The standard InChI is InChI=1S/C17H17F5N4O3/c1-9-13(7-27)25-26(14(9)24-15(29)23-8-28)10(2)11-3-5-12(6-4-11)16(18,19)17(20,21)22/h3-6,8,10,27H,7H2,1-2H3,(H2,23,24,28,29). The molecule has 7 nitrogen and oxygen atoms in total. The molecular weight excluding hydrogens is 403 g/mol. The molecule has 0 spiro atoms. The number of alkyl halides is 5. The van der Waals surface area contributed by atoms with Crippen molar-refractivity contribution in [1.29, 1.82) is 0 Å². The molecule has 0 aliphatic rings. The third-order valence-corrected chi connectivity index (χ3v) is 4.30. The Balaban J connectivity index is 2.40. The molecule has 2 aromatic rings. The number of carbonyl (C=O) groups excluding carboxylic acids is 2. The van der Waals surface area contributed by atoms with Gasteiger partial charge in [0.1, 0.15) is 5.82 Å². The molecule has 0 saturated heterocycles. The van der Waals surface area contributed by atoms with Gasteiger partial charge in [-0.05, 0) is 19.4 Å². The summed E-state index contributed by atoms with van der Waals surface area (Å²) in [4.78, 5) is 22.1. The van der Waals surface area contributed by atoms with E-state index < -0.39 is 36.3 Å². The Kier molecular flexibility index (Phi) is 6.26. The SMILES string of the molecule is Cc1c(CO)nn(C(C)c2ccc(C(F)(F)C(F)(F)F)cc2)c1NC(=O)NC=O. The molecule has 3 amide bonds. The molecule has 3 N–H and O–H groups in total. The summed E-state index contributed by atoms with van der Waals surface area (Å²) in [5.41, 5.74) is -0.297. The van der Waals surface area contributed by atoms with Crippen LogP contribution in [0.4, 0.5) is 32.6 Å². The van der Waals surface area contributed by atoms with Crippen LogP contribution in [-0.4, -0.2) is 33.5 Å². The van der Waals surface area contributed by atoms with Gasteiger partial charge in [0.25, 0.3) is 0 Å². The Labute approximate surface area is 161 Å². The predicted octanol–water partition coefficient (Wildman–Crippen LogP) is 3.23. The fourth-order valence-corrected chi connectivity index (χ4v) is 2.62. The number of rotatable bonds is 6. The number of halogens is 5. The van der Waals surface area contributed by atoms with Crippen molar-refractivity contribution in [2.45, 2.75) is 38.6 Å². The predicted molar refractivity (Wildman–Crippen MR) is 91.3 cm³/mol. The Bertz CT molecular complexity index is 894. The summed E-state index contributed by atoms with van der Waals surface area (Å²) >= 11 is 0.